The van der Waals surface area contributed by atoms with Crippen molar-refractivity contribution in [1.29, 1.82) is 0 Å². The Kier molecular flexibility index (Phi) is 6.50. The number of anilines is 1. The van der Waals surface area contributed by atoms with Gasteiger partial charge in [-0.3, -0.25) is 4.79 Å². The third kappa shape index (κ3) is 5.05. The molecule has 1 atom stereocenters. The molecule has 1 amide bonds. The van der Waals surface area contributed by atoms with Crippen LogP contribution in [0.2, 0.25) is 5.02 Å². The number of rotatable bonds is 7. The zero-order chi connectivity index (χ0) is 24.2. The van der Waals surface area contributed by atoms with Crippen molar-refractivity contribution >= 4 is 23.5 Å². The highest BCUT2D eigenvalue weighted by Gasteiger charge is 2.33. The number of hydrogen-bond donors (Lipinski definition) is 2. The molecule has 1 aromatic heterocycles. The average Bonchev–Trinajstić information content (AvgIpc) is 3.35. The van der Waals surface area contributed by atoms with Crippen molar-refractivity contribution in [1.82, 2.24) is 20.1 Å². The van der Waals surface area contributed by atoms with Crippen LogP contribution in [0.15, 0.2) is 96.5 Å². The van der Waals surface area contributed by atoms with Gasteiger partial charge in [0.05, 0.1) is 5.57 Å². The van der Waals surface area contributed by atoms with Gasteiger partial charge in [0, 0.05) is 17.3 Å². The summed E-state index contributed by atoms with van der Waals surface area (Å²) in [5, 5.41) is 11.3. The number of halogens is 1. The van der Waals surface area contributed by atoms with Crippen LogP contribution in [0.5, 0.6) is 5.75 Å². The Morgan fingerprint density at radius 1 is 1.06 bits per heavy atom. The van der Waals surface area contributed by atoms with Crippen molar-refractivity contribution < 1.29 is 9.53 Å². The summed E-state index contributed by atoms with van der Waals surface area (Å²) < 4.78 is 7.77. The molecule has 1 unspecified atom stereocenters. The second-order valence-electron chi connectivity index (χ2n) is 8.25. The molecule has 35 heavy (non-hydrogen) atoms. The second-order valence-corrected chi connectivity index (χ2v) is 8.69. The van der Waals surface area contributed by atoms with E-state index >= 15 is 0 Å². The molecule has 1 aliphatic rings. The van der Waals surface area contributed by atoms with Crippen molar-refractivity contribution in [2.75, 3.05) is 5.32 Å². The fourth-order valence-electron chi connectivity index (χ4n) is 4.09. The predicted molar refractivity (Wildman–Crippen MR) is 135 cm³/mol. The smallest absolute Gasteiger partial charge is 0.251 e. The molecule has 176 valence electrons. The van der Waals surface area contributed by atoms with Crippen LogP contribution in [-0.4, -0.2) is 20.7 Å². The van der Waals surface area contributed by atoms with Crippen LogP contribution >= 0.6 is 11.6 Å². The molecule has 2 heterocycles. The van der Waals surface area contributed by atoms with Crippen LogP contribution in [0.1, 0.15) is 29.7 Å². The number of ether oxygens (including phenoxy) is 1. The summed E-state index contributed by atoms with van der Waals surface area (Å²) in [6.45, 7) is 2.71. The van der Waals surface area contributed by atoms with Crippen molar-refractivity contribution in [3.8, 4) is 5.75 Å². The Morgan fingerprint density at radius 2 is 1.86 bits per heavy atom. The molecule has 1 aliphatic heterocycles. The minimum Gasteiger partial charge on any atom is -0.489 e. The van der Waals surface area contributed by atoms with Gasteiger partial charge in [-0.05, 0) is 47.9 Å². The molecule has 0 spiro atoms. The highest BCUT2D eigenvalue weighted by molar-refractivity contribution is 6.30. The normalized spacial score (nSPS) is 14.7. The van der Waals surface area contributed by atoms with Crippen LogP contribution in [0.25, 0.3) is 0 Å². The summed E-state index contributed by atoms with van der Waals surface area (Å²) >= 11 is 5.98. The maximum Gasteiger partial charge on any atom is 0.251 e. The van der Waals surface area contributed by atoms with Crippen LogP contribution in [-0.2, 0) is 17.9 Å². The van der Waals surface area contributed by atoms with Crippen LogP contribution in [0, 0.1) is 0 Å². The van der Waals surface area contributed by atoms with Gasteiger partial charge in [-0.15, -0.1) is 0 Å². The van der Waals surface area contributed by atoms with E-state index in [0.29, 0.717) is 35.4 Å². The minimum absolute atomic E-state index is 0.169. The Morgan fingerprint density at radius 3 is 2.66 bits per heavy atom. The fourth-order valence-corrected chi connectivity index (χ4v) is 4.21. The molecular weight excluding hydrogens is 462 g/mol. The number of hydrogen-bond acceptors (Lipinski definition) is 5. The summed E-state index contributed by atoms with van der Waals surface area (Å²) in [6, 6.07) is 24.6. The van der Waals surface area contributed by atoms with Gasteiger partial charge in [-0.25, -0.2) is 4.68 Å². The standard InChI is InChI=1S/C27H24ClN5O2/c1-18-24(26(34)29-15-19-6-3-2-4-7-19)25(33-27(32-18)30-17-31-33)21-8-5-9-23(14-21)35-16-20-10-12-22(28)13-11-20/h2-14,17,25H,15-16H2,1H3,(H,29,34)(H,30,31,32). The first-order valence-electron chi connectivity index (χ1n) is 11.2. The third-order valence-corrected chi connectivity index (χ3v) is 6.08. The lowest BCUT2D eigenvalue weighted by molar-refractivity contribution is -0.118. The van der Waals surface area contributed by atoms with Gasteiger partial charge in [0.25, 0.3) is 5.91 Å². The molecule has 0 fully saturated rings. The van der Waals surface area contributed by atoms with E-state index in [-0.39, 0.29) is 5.91 Å². The summed E-state index contributed by atoms with van der Waals surface area (Å²) in [5.74, 6) is 1.11. The van der Waals surface area contributed by atoms with Crippen LogP contribution in [0.4, 0.5) is 5.95 Å². The lowest BCUT2D eigenvalue weighted by Crippen LogP contribution is -2.34. The van der Waals surface area contributed by atoms with Gasteiger partial charge in [0.15, 0.2) is 0 Å². The lowest BCUT2D eigenvalue weighted by Gasteiger charge is -2.29. The number of carbonyl (C=O) groups is 1. The number of allylic oxidation sites excluding steroid dienone is 1. The quantitative estimate of drug-likeness (QED) is 0.380. The first kappa shape index (κ1) is 22.7. The molecule has 2 N–H and O–H groups in total. The molecule has 5 rings (SSSR count). The summed E-state index contributed by atoms with van der Waals surface area (Å²) in [6.07, 6.45) is 1.48. The Hall–Kier alpha value is -4.10. The molecule has 8 heteroatoms. The summed E-state index contributed by atoms with van der Waals surface area (Å²) in [5.41, 5.74) is 4.22. The van der Waals surface area contributed by atoms with E-state index in [1.807, 2.05) is 85.8 Å². The number of amides is 1. The minimum atomic E-state index is -0.455. The fraction of sp³-hybridized carbons (Fsp3) is 0.148. The van der Waals surface area contributed by atoms with Gasteiger partial charge in [-0.1, -0.05) is 66.2 Å². The molecule has 0 bridgehead atoms. The number of benzene rings is 3. The first-order chi connectivity index (χ1) is 17.1. The monoisotopic (exact) mass is 485 g/mol. The highest BCUT2D eigenvalue weighted by atomic mass is 35.5. The Labute approximate surface area is 208 Å². The highest BCUT2D eigenvalue weighted by Crippen LogP contribution is 2.36. The molecular formula is C27H24ClN5O2. The third-order valence-electron chi connectivity index (χ3n) is 5.83. The van der Waals surface area contributed by atoms with Crippen molar-refractivity contribution in [2.24, 2.45) is 0 Å². The topological polar surface area (TPSA) is 81.1 Å². The maximum atomic E-state index is 13.4. The van der Waals surface area contributed by atoms with Crippen molar-refractivity contribution in [3.05, 3.63) is 118 Å². The van der Waals surface area contributed by atoms with E-state index in [9.17, 15) is 4.79 Å². The van der Waals surface area contributed by atoms with Crippen LogP contribution < -0.4 is 15.4 Å². The number of nitrogens with one attached hydrogen (secondary N) is 2. The molecule has 7 nitrogen and oxygen atoms in total. The second kappa shape index (κ2) is 10.0. The number of carbonyl (C=O) groups excluding carboxylic acids is 1. The average molecular weight is 486 g/mol. The summed E-state index contributed by atoms with van der Waals surface area (Å²) in [4.78, 5) is 17.7. The molecule has 4 aromatic rings. The van der Waals surface area contributed by atoms with Gasteiger partial charge in [-0.2, -0.15) is 10.1 Å². The van der Waals surface area contributed by atoms with E-state index in [1.165, 1.54) is 6.33 Å². The molecule has 3 aromatic carbocycles. The zero-order valence-electron chi connectivity index (χ0n) is 19.1. The van der Waals surface area contributed by atoms with Gasteiger partial charge in [0.2, 0.25) is 5.95 Å². The zero-order valence-corrected chi connectivity index (χ0v) is 19.9. The summed E-state index contributed by atoms with van der Waals surface area (Å²) in [7, 11) is 0. The van der Waals surface area contributed by atoms with Crippen molar-refractivity contribution in [3.63, 3.8) is 0 Å². The maximum absolute atomic E-state index is 13.4. The first-order valence-corrected chi connectivity index (χ1v) is 11.6. The van der Waals surface area contributed by atoms with E-state index in [4.69, 9.17) is 16.3 Å². The van der Waals surface area contributed by atoms with Crippen molar-refractivity contribution in [2.45, 2.75) is 26.1 Å². The van der Waals surface area contributed by atoms with E-state index < -0.39 is 6.04 Å². The molecule has 0 saturated heterocycles. The van der Waals surface area contributed by atoms with E-state index in [2.05, 4.69) is 20.7 Å². The van der Waals surface area contributed by atoms with E-state index in [1.54, 1.807) is 4.68 Å². The van der Waals surface area contributed by atoms with Gasteiger partial charge in [0.1, 0.15) is 24.7 Å². The van der Waals surface area contributed by atoms with Gasteiger partial charge < -0.3 is 15.4 Å². The number of fused-ring (bicyclic) bond motifs is 1. The van der Waals surface area contributed by atoms with E-state index in [0.717, 1.165) is 22.4 Å². The SMILES string of the molecule is CC1=C(C(=O)NCc2ccccc2)C(c2cccc(OCc3ccc(Cl)cc3)c2)n2ncnc2N1. The molecule has 0 aliphatic carbocycles. The number of aromatic nitrogens is 3. The number of nitrogens with zero attached hydrogens (tertiary/aromatic N) is 3. The lowest BCUT2D eigenvalue weighted by atomic mass is 9.95. The predicted octanol–water partition coefficient (Wildman–Crippen LogP) is 5.12. The van der Waals surface area contributed by atoms with Crippen LogP contribution in [0.3, 0.4) is 0 Å². The molecule has 0 radical (unpaired) electrons. The largest absolute Gasteiger partial charge is 0.489 e. The molecule has 0 saturated carbocycles. The Balaban J connectivity index is 1.41. The Bertz CT molecular complexity index is 1370. The van der Waals surface area contributed by atoms with Gasteiger partial charge >= 0.3 is 0 Å².